The summed E-state index contributed by atoms with van der Waals surface area (Å²) in [6.07, 6.45) is -4.03. The summed E-state index contributed by atoms with van der Waals surface area (Å²) in [5.41, 5.74) is 0. The van der Waals surface area contributed by atoms with Crippen LogP contribution in [-0.2, 0) is 9.59 Å². The number of carboxylic acids is 1. The number of carbonyl (C=O) groups excluding carboxylic acids is 1. The molecular formula is C10H15F3N2O3. The van der Waals surface area contributed by atoms with Crippen LogP contribution in [0.4, 0.5) is 13.2 Å². The van der Waals surface area contributed by atoms with Gasteiger partial charge >= 0.3 is 12.1 Å². The van der Waals surface area contributed by atoms with Crippen LogP contribution in [0.5, 0.6) is 0 Å². The Balaban J connectivity index is 2.42. The Morgan fingerprint density at radius 3 is 2.50 bits per heavy atom. The van der Waals surface area contributed by atoms with Gasteiger partial charge in [0.05, 0.1) is 19.0 Å². The monoisotopic (exact) mass is 268 g/mol. The van der Waals surface area contributed by atoms with Gasteiger partial charge in [-0.25, -0.2) is 0 Å². The van der Waals surface area contributed by atoms with Crippen molar-refractivity contribution in [3.05, 3.63) is 0 Å². The number of carbonyl (C=O) groups is 2. The first kappa shape index (κ1) is 14.7. The van der Waals surface area contributed by atoms with E-state index in [2.05, 4.69) is 0 Å². The molecule has 8 heteroatoms. The molecule has 1 rings (SSSR count). The lowest BCUT2D eigenvalue weighted by atomic mass is 10.0. The SMILES string of the molecule is CC1C(C(=O)O)CCN1C(=O)CNCC(F)(F)F. The third kappa shape index (κ3) is 3.86. The van der Waals surface area contributed by atoms with Crippen LogP contribution in [0.15, 0.2) is 0 Å². The number of aliphatic carboxylic acids is 1. The molecule has 18 heavy (non-hydrogen) atoms. The van der Waals surface area contributed by atoms with E-state index in [0.29, 0.717) is 6.42 Å². The minimum absolute atomic E-state index is 0.269. The summed E-state index contributed by atoms with van der Waals surface area (Å²) in [5, 5.41) is 10.9. The van der Waals surface area contributed by atoms with E-state index in [1.807, 2.05) is 5.32 Å². The number of likely N-dealkylation sites (tertiary alicyclic amines) is 1. The highest BCUT2D eigenvalue weighted by Crippen LogP contribution is 2.24. The van der Waals surface area contributed by atoms with Crippen molar-refractivity contribution in [1.29, 1.82) is 0 Å². The van der Waals surface area contributed by atoms with Crippen LogP contribution in [0.2, 0.25) is 0 Å². The molecule has 5 nitrogen and oxygen atoms in total. The van der Waals surface area contributed by atoms with Gasteiger partial charge in [-0.1, -0.05) is 0 Å². The van der Waals surface area contributed by atoms with Crippen molar-refractivity contribution in [3.63, 3.8) is 0 Å². The van der Waals surface area contributed by atoms with Gasteiger partial charge in [-0.2, -0.15) is 13.2 Å². The van der Waals surface area contributed by atoms with Crippen molar-refractivity contribution in [2.75, 3.05) is 19.6 Å². The molecule has 2 unspecified atom stereocenters. The maximum atomic E-state index is 11.9. The molecule has 0 aromatic rings. The second kappa shape index (κ2) is 5.55. The summed E-state index contributed by atoms with van der Waals surface area (Å²) < 4.78 is 35.6. The highest BCUT2D eigenvalue weighted by Gasteiger charge is 2.38. The van der Waals surface area contributed by atoms with Crippen LogP contribution in [0, 0.1) is 5.92 Å². The molecule has 0 bridgehead atoms. The van der Waals surface area contributed by atoms with Gasteiger partial charge in [0.2, 0.25) is 5.91 Å². The number of carboxylic acid groups (broad SMARTS) is 1. The summed E-state index contributed by atoms with van der Waals surface area (Å²) in [6.45, 7) is 0.192. The summed E-state index contributed by atoms with van der Waals surface area (Å²) in [7, 11) is 0. The van der Waals surface area contributed by atoms with E-state index < -0.39 is 43.1 Å². The van der Waals surface area contributed by atoms with Crippen LogP contribution >= 0.6 is 0 Å². The van der Waals surface area contributed by atoms with Crippen molar-refractivity contribution in [2.45, 2.75) is 25.6 Å². The molecule has 0 aliphatic carbocycles. The smallest absolute Gasteiger partial charge is 0.401 e. The Morgan fingerprint density at radius 2 is 2.06 bits per heavy atom. The number of rotatable bonds is 4. The number of nitrogens with zero attached hydrogens (tertiary/aromatic N) is 1. The molecule has 2 N–H and O–H groups in total. The summed E-state index contributed by atoms with van der Waals surface area (Å²) in [4.78, 5) is 23.7. The average molecular weight is 268 g/mol. The fourth-order valence-electron chi connectivity index (χ4n) is 2.03. The number of alkyl halides is 3. The fourth-order valence-corrected chi connectivity index (χ4v) is 2.03. The van der Waals surface area contributed by atoms with Gasteiger partial charge in [-0.15, -0.1) is 0 Å². The zero-order valence-electron chi connectivity index (χ0n) is 9.83. The molecule has 2 atom stereocenters. The minimum Gasteiger partial charge on any atom is -0.481 e. The van der Waals surface area contributed by atoms with Crippen molar-refractivity contribution >= 4 is 11.9 Å². The van der Waals surface area contributed by atoms with E-state index in [1.165, 1.54) is 4.90 Å². The predicted molar refractivity (Wildman–Crippen MR) is 55.8 cm³/mol. The molecule has 0 aromatic carbocycles. The molecule has 1 heterocycles. The van der Waals surface area contributed by atoms with E-state index in [1.54, 1.807) is 6.92 Å². The van der Waals surface area contributed by atoms with Crippen molar-refractivity contribution in [1.82, 2.24) is 10.2 Å². The molecule has 1 aliphatic heterocycles. The van der Waals surface area contributed by atoms with Crippen LogP contribution in [0.3, 0.4) is 0 Å². The van der Waals surface area contributed by atoms with Gasteiger partial charge in [-0.3, -0.25) is 9.59 Å². The quantitative estimate of drug-likeness (QED) is 0.777. The van der Waals surface area contributed by atoms with Gasteiger partial charge in [0.25, 0.3) is 0 Å². The lowest BCUT2D eigenvalue weighted by molar-refractivity contribution is -0.143. The van der Waals surface area contributed by atoms with Gasteiger partial charge in [0.15, 0.2) is 0 Å². The highest BCUT2D eigenvalue weighted by molar-refractivity contribution is 5.81. The molecule has 1 aliphatic rings. The first-order valence-electron chi connectivity index (χ1n) is 5.52. The first-order valence-corrected chi connectivity index (χ1v) is 5.52. The van der Waals surface area contributed by atoms with Crippen LogP contribution in [0.25, 0.3) is 0 Å². The highest BCUT2D eigenvalue weighted by atomic mass is 19.4. The van der Waals surface area contributed by atoms with Crippen LogP contribution in [0.1, 0.15) is 13.3 Å². The van der Waals surface area contributed by atoms with E-state index >= 15 is 0 Å². The minimum atomic E-state index is -4.36. The Kier molecular flexibility index (Phi) is 4.55. The number of hydrogen-bond acceptors (Lipinski definition) is 3. The molecule has 0 saturated carbocycles. The maximum Gasteiger partial charge on any atom is 0.401 e. The van der Waals surface area contributed by atoms with Crippen molar-refractivity contribution in [2.24, 2.45) is 5.92 Å². The van der Waals surface area contributed by atoms with Gasteiger partial charge in [0, 0.05) is 12.6 Å². The maximum absolute atomic E-state index is 11.9. The predicted octanol–water partition coefficient (Wildman–Crippen LogP) is 0.460. The van der Waals surface area contributed by atoms with E-state index in [0.717, 1.165) is 0 Å². The molecule has 0 aromatic heterocycles. The number of hydrogen-bond donors (Lipinski definition) is 2. The summed E-state index contributed by atoms with van der Waals surface area (Å²) in [6, 6.07) is -0.484. The van der Waals surface area contributed by atoms with Crippen molar-refractivity contribution < 1.29 is 27.9 Å². The Labute approximate surface area is 102 Å². The molecule has 1 saturated heterocycles. The van der Waals surface area contributed by atoms with Crippen LogP contribution in [-0.4, -0.2) is 53.7 Å². The second-order valence-corrected chi connectivity index (χ2v) is 4.28. The largest absolute Gasteiger partial charge is 0.481 e. The number of amides is 1. The molecule has 1 fully saturated rings. The topological polar surface area (TPSA) is 69.6 Å². The van der Waals surface area contributed by atoms with E-state index in [4.69, 9.17) is 5.11 Å². The lowest BCUT2D eigenvalue weighted by Gasteiger charge is -2.23. The normalized spacial score (nSPS) is 24.3. The van der Waals surface area contributed by atoms with Gasteiger partial charge in [-0.05, 0) is 13.3 Å². The molecular weight excluding hydrogens is 253 g/mol. The Bertz CT molecular complexity index is 333. The van der Waals surface area contributed by atoms with Crippen LogP contribution < -0.4 is 5.32 Å². The summed E-state index contributed by atoms with van der Waals surface area (Å²) in [5.74, 6) is -2.13. The van der Waals surface area contributed by atoms with Gasteiger partial charge in [0.1, 0.15) is 0 Å². The molecule has 1 amide bonds. The number of halogens is 3. The summed E-state index contributed by atoms with van der Waals surface area (Å²) >= 11 is 0. The average Bonchev–Trinajstić information content (AvgIpc) is 2.57. The molecule has 0 radical (unpaired) electrons. The molecule has 104 valence electrons. The third-order valence-corrected chi connectivity index (χ3v) is 2.99. The standard InChI is InChI=1S/C10H15F3N2O3/c1-6-7(9(17)18)2-3-15(6)8(16)4-14-5-10(11,12)13/h6-7,14H,2-5H2,1H3,(H,17,18). The zero-order chi connectivity index (χ0) is 13.9. The first-order chi connectivity index (χ1) is 8.22. The second-order valence-electron chi connectivity index (χ2n) is 4.28. The lowest BCUT2D eigenvalue weighted by Crippen LogP contribution is -2.43. The fraction of sp³-hybridized carbons (Fsp3) is 0.800. The Hall–Kier alpha value is -1.31. The Morgan fingerprint density at radius 1 is 1.44 bits per heavy atom. The molecule has 0 spiro atoms. The van der Waals surface area contributed by atoms with E-state index in [-0.39, 0.29) is 6.54 Å². The zero-order valence-corrected chi connectivity index (χ0v) is 9.83. The van der Waals surface area contributed by atoms with E-state index in [9.17, 15) is 22.8 Å². The third-order valence-electron chi connectivity index (χ3n) is 2.99. The van der Waals surface area contributed by atoms with Crippen molar-refractivity contribution in [3.8, 4) is 0 Å². The van der Waals surface area contributed by atoms with Gasteiger partial charge < -0.3 is 15.3 Å². The number of nitrogens with one attached hydrogen (secondary N) is 1.